The lowest BCUT2D eigenvalue weighted by Crippen LogP contribution is -2.66. The van der Waals surface area contributed by atoms with Gasteiger partial charge in [0.2, 0.25) is 0 Å². The molecule has 0 spiro atoms. The number of carbonyl (C=O) groups is 2. The quantitative estimate of drug-likeness (QED) is 0.177. The molecule has 0 aromatic heterocycles. The van der Waals surface area contributed by atoms with E-state index in [1.165, 1.54) is 33.7 Å². The van der Waals surface area contributed by atoms with Gasteiger partial charge in [-0.25, -0.2) is 0 Å². The van der Waals surface area contributed by atoms with Gasteiger partial charge in [-0.2, -0.15) is 0 Å². The zero-order valence-corrected chi connectivity index (χ0v) is 25.5. The molecule has 2 atom stereocenters. The second kappa shape index (κ2) is 11.0. The Labute approximate surface area is 235 Å². The summed E-state index contributed by atoms with van der Waals surface area (Å²) in [5.41, 5.74) is 0.221. The molecule has 0 unspecified atom stereocenters. The number of hydrogen-bond acceptors (Lipinski definition) is 5. The van der Waals surface area contributed by atoms with Crippen molar-refractivity contribution in [2.75, 3.05) is 20.8 Å². The van der Waals surface area contributed by atoms with Crippen LogP contribution in [0.1, 0.15) is 46.5 Å². The third kappa shape index (κ3) is 5.06. The minimum Gasteiger partial charge on any atom is -0.468 e. The molecule has 2 fully saturated rings. The van der Waals surface area contributed by atoms with E-state index >= 15 is 0 Å². The van der Waals surface area contributed by atoms with Crippen molar-refractivity contribution in [2.45, 2.75) is 51.5 Å². The van der Waals surface area contributed by atoms with Gasteiger partial charge in [0.25, 0.3) is 8.32 Å². The van der Waals surface area contributed by atoms with E-state index in [1.807, 2.05) is 0 Å². The van der Waals surface area contributed by atoms with E-state index in [2.05, 4.69) is 104 Å². The molecule has 198 valence electrons. The average molecular weight is 633 g/mol. The Balaban J connectivity index is 1.60. The van der Waals surface area contributed by atoms with Crippen LogP contribution in [-0.2, 0) is 23.5 Å². The summed E-state index contributed by atoms with van der Waals surface area (Å²) in [5.74, 6) is -0.398. The Kier molecular flexibility index (Phi) is 8.36. The van der Waals surface area contributed by atoms with E-state index in [9.17, 15) is 9.59 Å². The number of hydrogen-bond donors (Lipinski definition) is 0. The van der Waals surface area contributed by atoms with Crippen LogP contribution in [-0.4, -0.2) is 41.1 Å². The lowest BCUT2D eigenvalue weighted by Gasteiger charge is -2.43. The lowest BCUT2D eigenvalue weighted by atomic mass is 9.83. The van der Waals surface area contributed by atoms with Crippen molar-refractivity contribution in [1.29, 1.82) is 0 Å². The molecular weight excluding hydrogens is 595 g/mol. The van der Waals surface area contributed by atoms with Gasteiger partial charge < -0.3 is 13.9 Å². The third-order valence-corrected chi connectivity index (χ3v) is 14.3. The lowest BCUT2D eigenvalue weighted by molar-refractivity contribution is -0.169. The summed E-state index contributed by atoms with van der Waals surface area (Å²) >= 11 is 2.45. The van der Waals surface area contributed by atoms with Crippen LogP contribution in [0, 0.1) is 17.3 Å². The van der Waals surface area contributed by atoms with Gasteiger partial charge in [-0.1, -0.05) is 87.0 Å². The first-order valence-electron chi connectivity index (χ1n) is 12.9. The average Bonchev–Trinajstić information content (AvgIpc) is 3.46. The van der Waals surface area contributed by atoms with E-state index in [0.29, 0.717) is 19.4 Å². The van der Waals surface area contributed by atoms with Crippen LogP contribution in [0.25, 0.3) is 0 Å². The minimum absolute atomic E-state index is 0.0793. The van der Waals surface area contributed by atoms with Crippen molar-refractivity contribution in [3.8, 4) is 0 Å². The summed E-state index contributed by atoms with van der Waals surface area (Å²) in [6.45, 7) is 7.43. The fourth-order valence-corrected chi connectivity index (χ4v) is 12.0. The Morgan fingerprint density at radius 3 is 1.68 bits per heavy atom. The number of methoxy groups -OCH3 is 2. The SMILES string of the molecule is COC(=O)C1(C(=O)OC)C[C@H]2CC(=C(I)CO[Si](c3ccccc3)(c3ccccc3)C(C)(C)C)C[C@H]2C1. The molecule has 2 saturated carbocycles. The second-order valence-electron chi connectivity index (χ2n) is 11.4. The molecule has 2 aliphatic carbocycles. The third-order valence-electron chi connectivity index (χ3n) is 8.27. The molecule has 7 heteroatoms. The first kappa shape index (κ1) is 28.0. The van der Waals surface area contributed by atoms with Crippen molar-refractivity contribution in [3.63, 3.8) is 0 Å². The molecule has 0 radical (unpaired) electrons. The van der Waals surface area contributed by atoms with E-state index in [4.69, 9.17) is 13.9 Å². The maximum Gasteiger partial charge on any atom is 0.323 e. The summed E-state index contributed by atoms with van der Waals surface area (Å²) in [5, 5.41) is 2.46. The van der Waals surface area contributed by atoms with Gasteiger partial charge in [-0.05, 0) is 75.5 Å². The normalized spacial score (nSPS) is 22.3. The molecule has 0 N–H and O–H groups in total. The monoisotopic (exact) mass is 632 g/mol. The maximum absolute atomic E-state index is 12.6. The van der Waals surface area contributed by atoms with E-state index in [-0.39, 0.29) is 16.9 Å². The largest absolute Gasteiger partial charge is 0.468 e. The zero-order valence-electron chi connectivity index (χ0n) is 22.4. The highest BCUT2D eigenvalue weighted by atomic mass is 127. The number of benzene rings is 2. The van der Waals surface area contributed by atoms with E-state index in [1.54, 1.807) is 0 Å². The van der Waals surface area contributed by atoms with Crippen molar-refractivity contribution in [2.24, 2.45) is 17.3 Å². The molecule has 0 heterocycles. The van der Waals surface area contributed by atoms with Gasteiger partial charge in [0.15, 0.2) is 5.41 Å². The summed E-state index contributed by atoms with van der Waals surface area (Å²) in [6, 6.07) is 21.4. The van der Waals surface area contributed by atoms with Crippen LogP contribution in [0.3, 0.4) is 0 Å². The number of ether oxygens (including phenoxy) is 2. The number of carbonyl (C=O) groups excluding carboxylic acids is 2. The van der Waals surface area contributed by atoms with Crippen LogP contribution >= 0.6 is 22.6 Å². The van der Waals surface area contributed by atoms with Crippen LogP contribution < -0.4 is 10.4 Å². The van der Waals surface area contributed by atoms with Crippen molar-refractivity contribution >= 4 is 53.2 Å². The van der Waals surface area contributed by atoms with Gasteiger partial charge in [0, 0.05) is 3.58 Å². The van der Waals surface area contributed by atoms with Crippen LogP contribution in [0.2, 0.25) is 5.04 Å². The number of esters is 2. The fourth-order valence-electron chi connectivity index (χ4n) is 6.57. The highest BCUT2D eigenvalue weighted by Gasteiger charge is 2.59. The first-order chi connectivity index (χ1) is 17.6. The standard InChI is InChI=1S/C30H37IO5Si/c1-29(2,3)37(24-12-8-6-9-13-24,25-14-10-7-11-15-25)36-20-26(31)21-16-22-18-30(27(32)34-4,28(33)35-5)19-23(22)17-21/h6-15,22-23H,16-20H2,1-5H3/t22-,23+. The molecule has 0 bridgehead atoms. The van der Waals surface area contributed by atoms with Crippen molar-refractivity contribution < 1.29 is 23.5 Å². The number of fused-ring (bicyclic) bond motifs is 1. The zero-order chi connectivity index (χ0) is 26.8. The number of halogens is 1. The first-order valence-corrected chi connectivity index (χ1v) is 15.9. The van der Waals surface area contributed by atoms with Gasteiger partial charge >= 0.3 is 11.9 Å². The van der Waals surface area contributed by atoms with E-state index in [0.717, 1.165) is 12.8 Å². The minimum atomic E-state index is -2.62. The molecule has 0 aliphatic heterocycles. The Morgan fingerprint density at radius 2 is 1.30 bits per heavy atom. The number of allylic oxidation sites excluding steroid dienone is 1. The molecule has 2 aromatic carbocycles. The van der Waals surface area contributed by atoms with Gasteiger partial charge in [0.05, 0.1) is 20.8 Å². The highest BCUT2D eigenvalue weighted by Crippen LogP contribution is 2.56. The van der Waals surface area contributed by atoms with Crippen LogP contribution in [0.4, 0.5) is 0 Å². The molecule has 0 saturated heterocycles. The molecular formula is C30H37IO5Si. The van der Waals surface area contributed by atoms with Gasteiger partial charge in [0.1, 0.15) is 0 Å². The Bertz CT molecular complexity index is 1080. The Morgan fingerprint density at radius 1 is 0.865 bits per heavy atom. The summed E-state index contributed by atoms with van der Waals surface area (Å²) in [6.07, 6.45) is 2.73. The molecule has 37 heavy (non-hydrogen) atoms. The fraction of sp³-hybridized carbons (Fsp3) is 0.467. The predicted octanol–water partition coefficient (Wildman–Crippen LogP) is 5.40. The second-order valence-corrected chi connectivity index (χ2v) is 17.0. The topological polar surface area (TPSA) is 61.8 Å². The van der Waals surface area contributed by atoms with Crippen LogP contribution in [0.5, 0.6) is 0 Å². The maximum atomic E-state index is 12.6. The summed E-state index contributed by atoms with van der Waals surface area (Å²) < 4.78 is 18.4. The molecule has 0 amide bonds. The van der Waals surface area contributed by atoms with Gasteiger partial charge in [-0.3, -0.25) is 9.59 Å². The highest BCUT2D eigenvalue weighted by molar-refractivity contribution is 14.1. The van der Waals surface area contributed by atoms with Crippen molar-refractivity contribution in [1.82, 2.24) is 0 Å². The molecule has 5 nitrogen and oxygen atoms in total. The van der Waals surface area contributed by atoms with Gasteiger partial charge in [-0.15, -0.1) is 0 Å². The van der Waals surface area contributed by atoms with Crippen LogP contribution in [0.15, 0.2) is 69.8 Å². The van der Waals surface area contributed by atoms with Crippen molar-refractivity contribution in [3.05, 3.63) is 69.8 Å². The number of rotatable bonds is 7. The molecule has 2 aliphatic rings. The summed E-state index contributed by atoms with van der Waals surface area (Å²) in [7, 11) is 0.0742. The Hall–Kier alpha value is -1.97. The molecule has 2 aromatic rings. The smallest absolute Gasteiger partial charge is 0.323 e. The summed E-state index contributed by atoms with van der Waals surface area (Å²) in [4.78, 5) is 25.2. The molecule has 4 rings (SSSR count). The van der Waals surface area contributed by atoms with E-state index < -0.39 is 25.7 Å². The predicted molar refractivity (Wildman–Crippen MR) is 157 cm³/mol.